The van der Waals surface area contributed by atoms with Crippen molar-refractivity contribution in [3.05, 3.63) is 40.4 Å². The van der Waals surface area contributed by atoms with Gasteiger partial charge in [-0.3, -0.25) is 0 Å². The van der Waals surface area contributed by atoms with Crippen LogP contribution in [0.1, 0.15) is 23.5 Å². The predicted octanol–water partition coefficient (Wildman–Crippen LogP) is 1.70. The Morgan fingerprint density at radius 1 is 1.47 bits per heavy atom. The van der Waals surface area contributed by atoms with E-state index in [1.54, 1.807) is 19.1 Å². The summed E-state index contributed by atoms with van der Waals surface area (Å²) < 4.78 is 7.26. The van der Waals surface area contributed by atoms with Gasteiger partial charge in [0.1, 0.15) is 11.4 Å². The molecule has 2 heterocycles. The van der Waals surface area contributed by atoms with Crippen molar-refractivity contribution < 1.29 is 14.1 Å². The first-order valence-corrected chi connectivity index (χ1v) is 5.63. The van der Waals surface area contributed by atoms with Crippen molar-refractivity contribution in [2.24, 2.45) is 0 Å². The molecule has 0 saturated carbocycles. The van der Waals surface area contributed by atoms with Gasteiger partial charge in [0.2, 0.25) is 5.76 Å². The van der Waals surface area contributed by atoms with Crippen LogP contribution < -0.4 is 4.43 Å². The maximum Gasteiger partial charge on any atom is 0.327 e. The second kappa shape index (κ2) is 3.48. The molecule has 17 heavy (non-hydrogen) atoms. The van der Waals surface area contributed by atoms with Crippen molar-refractivity contribution in [1.29, 1.82) is 0 Å². The first-order valence-electron chi connectivity index (χ1n) is 5.63. The van der Waals surface area contributed by atoms with E-state index in [4.69, 9.17) is 4.42 Å². The van der Waals surface area contributed by atoms with E-state index in [9.17, 15) is 10.1 Å². The monoisotopic (exact) mass is 233 g/mol. The Balaban J connectivity index is 2.37. The molecule has 5 heteroatoms. The fourth-order valence-corrected chi connectivity index (χ4v) is 2.44. The third-order valence-corrected chi connectivity index (χ3v) is 3.28. The first kappa shape index (κ1) is 10.1. The number of nitrogens with zero attached hydrogens (tertiary/aromatic N) is 2. The Morgan fingerprint density at radius 2 is 2.29 bits per heavy atom. The molecule has 88 valence electrons. The topological polar surface area (TPSA) is 61.3 Å². The van der Waals surface area contributed by atoms with Gasteiger partial charge in [-0.15, -0.1) is 0 Å². The summed E-state index contributed by atoms with van der Waals surface area (Å²) in [7, 11) is 0. The minimum Gasteiger partial charge on any atom is -0.458 e. The van der Waals surface area contributed by atoms with Gasteiger partial charge in [-0.2, -0.15) is 4.73 Å². The summed E-state index contributed by atoms with van der Waals surface area (Å²) in [6, 6.07) is 3.45. The second-order valence-electron chi connectivity index (χ2n) is 4.26. The van der Waals surface area contributed by atoms with E-state index in [1.165, 1.54) is 6.26 Å². The Kier molecular flexibility index (Phi) is 2.07. The molecular weight excluding hydrogens is 220 g/mol. The maximum absolute atomic E-state index is 12.3. The van der Waals surface area contributed by atoms with Crippen LogP contribution in [0.3, 0.4) is 0 Å². The summed E-state index contributed by atoms with van der Waals surface area (Å²) in [5.74, 6) is 0.481. The molecule has 0 unspecified atom stereocenters. The van der Waals surface area contributed by atoms with E-state index in [1.807, 2.05) is 0 Å². The van der Waals surface area contributed by atoms with Gasteiger partial charge in [0, 0.05) is 11.3 Å². The normalized spacial score (nSPS) is 13.9. The summed E-state index contributed by atoms with van der Waals surface area (Å²) >= 11 is 0. The molecule has 2 aromatic rings. The summed E-state index contributed by atoms with van der Waals surface area (Å²) in [6.07, 6.45) is 3.86. The molecule has 1 aliphatic carbocycles. The molecule has 0 spiro atoms. The number of hydrogen-bond donors (Lipinski definition) is 1. The molecule has 0 saturated heterocycles. The third-order valence-electron chi connectivity index (χ3n) is 3.28. The highest BCUT2D eigenvalue weighted by Crippen LogP contribution is 2.25. The molecule has 0 aliphatic heterocycles. The lowest BCUT2D eigenvalue weighted by Gasteiger charge is -2.06. The van der Waals surface area contributed by atoms with Gasteiger partial charge in [-0.05, 0) is 31.9 Å². The third kappa shape index (κ3) is 1.32. The van der Waals surface area contributed by atoms with Crippen LogP contribution in [-0.2, 0) is 12.8 Å². The smallest absolute Gasteiger partial charge is 0.327 e. The van der Waals surface area contributed by atoms with Crippen LogP contribution in [0, 0.1) is 11.8 Å². The van der Waals surface area contributed by atoms with Crippen molar-refractivity contribution in [3.63, 3.8) is 0 Å². The van der Waals surface area contributed by atoms with Crippen LogP contribution in [-0.4, -0.2) is 9.94 Å². The molecule has 0 fully saturated rings. The van der Waals surface area contributed by atoms with Crippen molar-refractivity contribution in [1.82, 2.24) is 4.73 Å². The molecule has 0 radical (unpaired) electrons. The van der Waals surface area contributed by atoms with E-state index in [0.29, 0.717) is 35.0 Å². The standard InChI is InChI=1S/C12H13N2O3/c1-8-12(11-6-3-7-17-11)14(16)10-5-2-4-9(10)13(8)15/h3,6-7,15H,2,4-5H2,1H3/q+1. The Labute approximate surface area is 97.5 Å². The van der Waals surface area contributed by atoms with E-state index in [0.717, 1.165) is 22.0 Å². The fraction of sp³-hybridized carbons (Fsp3) is 0.333. The SMILES string of the molecule is Cc1c(-c2ccco2)[n+](=O)c2c(n1O)CCC2. The van der Waals surface area contributed by atoms with Crippen molar-refractivity contribution in [2.75, 3.05) is 0 Å². The second-order valence-corrected chi connectivity index (χ2v) is 4.26. The van der Waals surface area contributed by atoms with Gasteiger partial charge in [0.15, 0.2) is 0 Å². The zero-order valence-electron chi connectivity index (χ0n) is 9.51. The van der Waals surface area contributed by atoms with Gasteiger partial charge in [-0.1, -0.05) is 0 Å². The average Bonchev–Trinajstić information content (AvgIpc) is 2.97. The predicted molar refractivity (Wildman–Crippen MR) is 59.4 cm³/mol. The Hall–Kier alpha value is -2.04. The van der Waals surface area contributed by atoms with Crippen molar-refractivity contribution >= 4 is 0 Å². The fourth-order valence-electron chi connectivity index (χ4n) is 2.44. The van der Waals surface area contributed by atoms with Gasteiger partial charge < -0.3 is 9.62 Å². The van der Waals surface area contributed by atoms with Crippen molar-refractivity contribution in [3.8, 4) is 11.5 Å². The van der Waals surface area contributed by atoms with Crippen LogP contribution in [0.15, 0.2) is 22.8 Å². The molecule has 3 rings (SSSR count). The molecular formula is C12H13N2O3+. The van der Waals surface area contributed by atoms with Gasteiger partial charge >= 0.3 is 5.69 Å². The summed E-state index contributed by atoms with van der Waals surface area (Å²) in [4.78, 5) is 12.3. The molecule has 5 nitrogen and oxygen atoms in total. The number of rotatable bonds is 1. The van der Waals surface area contributed by atoms with E-state index in [-0.39, 0.29) is 0 Å². The van der Waals surface area contributed by atoms with E-state index < -0.39 is 0 Å². The molecule has 1 aliphatic rings. The van der Waals surface area contributed by atoms with Gasteiger partial charge in [-0.25, -0.2) is 0 Å². The number of hydrogen-bond acceptors (Lipinski definition) is 3. The lowest BCUT2D eigenvalue weighted by atomic mass is 10.2. The summed E-state index contributed by atoms with van der Waals surface area (Å²) in [5.41, 5.74) is 2.26. The first-order chi connectivity index (χ1) is 8.20. The number of fused-ring (bicyclic) bond motifs is 1. The highest BCUT2D eigenvalue weighted by atomic mass is 16.5. The lowest BCUT2D eigenvalue weighted by molar-refractivity contribution is -0.495. The Bertz CT molecular complexity index is 626. The highest BCUT2D eigenvalue weighted by molar-refractivity contribution is 5.51. The van der Waals surface area contributed by atoms with Crippen LogP contribution in [0.25, 0.3) is 11.5 Å². The van der Waals surface area contributed by atoms with Gasteiger partial charge in [0.05, 0.1) is 10.7 Å². The minimum absolute atomic E-state index is 0.387. The van der Waals surface area contributed by atoms with E-state index >= 15 is 0 Å². The van der Waals surface area contributed by atoms with Crippen LogP contribution in [0.5, 0.6) is 0 Å². The number of furan rings is 1. The molecule has 0 amide bonds. The Morgan fingerprint density at radius 3 is 3.00 bits per heavy atom. The quantitative estimate of drug-likeness (QED) is 0.602. The molecule has 0 bridgehead atoms. The minimum atomic E-state index is 0.387. The molecule has 0 aromatic carbocycles. The molecule has 0 atom stereocenters. The van der Waals surface area contributed by atoms with Crippen LogP contribution in [0.4, 0.5) is 0 Å². The molecule has 1 N–H and O–H groups in total. The zero-order chi connectivity index (χ0) is 12.0. The van der Waals surface area contributed by atoms with E-state index in [2.05, 4.69) is 0 Å². The van der Waals surface area contributed by atoms with Crippen LogP contribution in [0.2, 0.25) is 0 Å². The lowest BCUT2D eigenvalue weighted by Crippen LogP contribution is -2.29. The van der Waals surface area contributed by atoms with Crippen LogP contribution >= 0.6 is 0 Å². The summed E-state index contributed by atoms with van der Waals surface area (Å²) in [5, 5.41) is 10.0. The summed E-state index contributed by atoms with van der Waals surface area (Å²) in [6.45, 7) is 1.71. The maximum atomic E-state index is 12.3. The number of aromatic nitrogens is 2. The molecule has 2 aromatic heterocycles. The largest absolute Gasteiger partial charge is 0.458 e. The highest BCUT2D eigenvalue weighted by Gasteiger charge is 2.33. The average molecular weight is 233 g/mol. The zero-order valence-corrected chi connectivity index (χ0v) is 9.51. The van der Waals surface area contributed by atoms with Crippen molar-refractivity contribution in [2.45, 2.75) is 26.2 Å². The van der Waals surface area contributed by atoms with Gasteiger partial charge in [0.25, 0.3) is 5.69 Å².